The van der Waals surface area contributed by atoms with Gasteiger partial charge in [0.05, 0.1) is 16.6 Å². The molecule has 7 heteroatoms. The first-order valence-corrected chi connectivity index (χ1v) is 8.08. The molecule has 1 aromatic heterocycles. The number of nitrogens with zero attached hydrogens (tertiary/aromatic N) is 3. The van der Waals surface area contributed by atoms with Gasteiger partial charge in [-0.2, -0.15) is 8.78 Å². The smallest absolute Gasteiger partial charge is 0.320 e. The number of aromatic nitrogens is 2. The van der Waals surface area contributed by atoms with Crippen molar-refractivity contribution in [2.24, 2.45) is 10.7 Å². The normalized spacial score (nSPS) is 20.4. The molecule has 0 radical (unpaired) electrons. The van der Waals surface area contributed by atoms with Crippen molar-refractivity contribution < 1.29 is 13.9 Å². The summed E-state index contributed by atoms with van der Waals surface area (Å²) in [6.07, 6.45) is 4.30. The van der Waals surface area contributed by atoms with Gasteiger partial charge in [0.15, 0.2) is 5.82 Å². The Balaban J connectivity index is 1.94. The zero-order valence-electron chi connectivity index (χ0n) is 13.0. The summed E-state index contributed by atoms with van der Waals surface area (Å²) in [5, 5.41) is 10.8. The average Bonchev–Trinajstić information content (AvgIpc) is 3.04. The minimum Gasteiger partial charge on any atom is -0.509 e. The molecule has 0 bridgehead atoms. The first-order chi connectivity index (χ1) is 11.5. The Labute approximate surface area is 137 Å². The fraction of sp³-hybridized carbons (Fsp3) is 0.412. The quantitative estimate of drug-likeness (QED) is 0.879. The predicted molar refractivity (Wildman–Crippen MR) is 88.0 cm³/mol. The largest absolute Gasteiger partial charge is 0.509 e. The van der Waals surface area contributed by atoms with Gasteiger partial charge in [-0.15, -0.1) is 0 Å². The third-order valence-corrected chi connectivity index (χ3v) is 4.96. The SMILES string of the molecule is NC1=NC2(CCCCC2)C(O)=C1c1nc2ccccc2n1C(F)F. The maximum atomic E-state index is 13.7. The Kier molecular flexibility index (Phi) is 3.33. The summed E-state index contributed by atoms with van der Waals surface area (Å²) in [6, 6.07) is 6.65. The second kappa shape index (κ2) is 5.29. The van der Waals surface area contributed by atoms with Crippen molar-refractivity contribution >= 4 is 22.4 Å². The summed E-state index contributed by atoms with van der Waals surface area (Å²) in [4.78, 5) is 8.76. The minimum absolute atomic E-state index is 0.0168. The number of nitrogens with two attached hydrogens (primary N) is 1. The summed E-state index contributed by atoms with van der Waals surface area (Å²) in [7, 11) is 0. The summed E-state index contributed by atoms with van der Waals surface area (Å²) in [5.74, 6) is 0.0518. The van der Waals surface area contributed by atoms with Gasteiger partial charge in [0.2, 0.25) is 0 Å². The Bertz CT molecular complexity index is 863. The van der Waals surface area contributed by atoms with E-state index in [0.29, 0.717) is 23.9 Å². The molecule has 0 unspecified atom stereocenters. The van der Waals surface area contributed by atoms with Crippen LogP contribution in [0.3, 0.4) is 0 Å². The summed E-state index contributed by atoms with van der Waals surface area (Å²) < 4.78 is 28.2. The van der Waals surface area contributed by atoms with Crippen LogP contribution < -0.4 is 5.73 Å². The predicted octanol–water partition coefficient (Wildman–Crippen LogP) is 3.77. The van der Waals surface area contributed by atoms with Gasteiger partial charge >= 0.3 is 6.55 Å². The van der Waals surface area contributed by atoms with Gasteiger partial charge in [-0.3, -0.25) is 9.56 Å². The lowest BCUT2D eigenvalue weighted by molar-refractivity contribution is 0.0737. The topological polar surface area (TPSA) is 76.4 Å². The molecule has 1 aromatic carbocycles. The van der Waals surface area contributed by atoms with Crippen molar-refractivity contribution in [2.75, 3.05) is 0 Å². The van der Waals surface area contributed by atoms with E-state index >= 15 is 0 Å². The Hall–Kier alpha value is -2.44. The number of hydrogen-bond donors (Lipinski definition) is 2. The number of aliphatic imine (C=N–C) groups is 1. The van der Waals surface area contributed by atoms with Crippen LogP contribution in [-0.2, 0) is 0 Å². The minimum atomic E-state index is -2.79. The van der Waals surface area contributed by atoms with Crippen molar-refractivity contribution in [1.82, 2.24) is 9.55 Å². The van der Waals surface area contributed by atoms with Gasteiger partial charge in [0.1, 0.15) is 17.1 Å². The van der Waals surface area contributed by atoms with Crippen LogP contribution in [0.2, 0.25) is 0 Å². The molecule has 4 rings (SSSR count). The van der Waals surface area contributed by atoms with Gasteiger partial charge in [-0.05, 0) is 25.0 Å². The molecule has 0 amide bonds. The zero-order chi connectivity index (χ0) is 16.9. The maximum absolute atomic E-state index is 13.7. The lowest BCUT2D eigenvalue weighted by Gasteiger charge is -2.30. The standard InChI is InChI=1S/C17H18F2N4O/c18-16(19)23-11-7-3-2-6-10(11)21-15(23)12-13(24)17(22-14(12)20)8-4-1-5-9-17/h2-3,6-7,16,24H,1,4-5,8-9H2,(H2,20,22). The molecule has 1 fully saturated rings. The van der Waals surface area contributed by atoms with Crippen molar-refractivity contribution in [3.05, 3.63) is 35.8 Å². The van der Waals surface area contributed by atoms with Crippen molar-refractivity contribution in [3.8, 4) is 0 Å². The molecule has 2 aliphatic rings. The van der Waals surface area contributed by atoms with Crippen LogP contribution in [0, 0.1) is 0 Å². The number of hydrogen-bond acceptors (Lipinski definition) is 4. The average molecular weight is 332 g/mol. The van der Waals surface area contributed by atoms with Gasteiger partial charge in [-0.25, -0.2) is 4.98 Å². The van der Waals surface area contributed by atoms with Crippen LogP contribution >= 0.6 is 0 Å². The van der Waals surface area contributed by atoms with Crippen LogP contribution in [-0.4, -0.2) is 26.0 Å². The fourth-order valence-electron chi connectivity index (χ4n) is 3.82. The van der Waals surface area contributed by atoms with E-state index in [0.717, 1.165) is 23.8 Å². The molecule has 5 nitrogen and oxygen atoms in total. The second-order valence-electron chi connectivity index (χ2n) is 6.38. The number of para-hydroxylation sites is 2. The van der Waals surface area contributed by atoms with Gasteiger partial charge in [-0.1, -0.05) is 31.4 Å². The van der Waals surface area contributed by atoms with E-state index < -0.39 is 12.1 Å². The third kappa shape index (κ3) is 2.03. The molecule has 1 aliphatic carbocycles. The lowest BCUT2D eigenvalue weighted by Crippen LogP contribution is -2.30. The number of aliphatic hydroxyl groups excluding tert-OH is 1. The molecule has 0 atom stereocenters. The summed E-state index contributed by atoms with van der Waals surface area (Å²) in [5.41, 5.74) is 6.16. The number of aliphatic hydroxyl groups is 1. The highest BCUT2D eigenvalue weighted by atomic mass is 19.3. The zero-order valence-corrected chi connectivity index (χ0v) is 13.0. The van der Waals surface area contributed by atoms with Gasteiger partial charge in [0, 0.05) is 0 Å². The van der Waals surface area contributed by atoms with E-state index in [1.165, 1.54) is 0 Å². The number of amidine groups is 1. The first kappa shape index (κ1) is 15.1. The van der Waals surface area contributed by atoms with E-state index in [2.05, 4.69) is 9.98 Å². The molecular weight excluding hydrogens is 314 g/mol. The van der Waals surface area contributed by atoms with Crippen molar-refractivity contribution in [1.29, 1.82) is 0 Å². The molecule has 1 aliphatic heterocycles. The molecule has 3 N–H and O–H groups in total. The lowest BCUT2D eigenvalue weighted by atomic mass is 9.81. The van der Waals surface area contributed by atoms with E-state index in [4.69, 9.17) is 5.73 Å². The molecule has 2 aromatic rings. The number of fused-ring (bicyclic) bond motifs is 1. The van der Waals surface area contributed by atoms with Crippen LogP contribution in [0.15, 0.2) is 35.0 Å². The van der Waals surface area contributed by atoms with Crippen LogP contribution in [0.25, 0.3) is 16.6 Å². The third-order valence-electron chi connectivity index (χ3n) is 4.96. The van der Waals surface area contributed by atoms with Gasteiger partial charge < -0.3 is 10.8 Å². The number of rotatable bonds is 2. The van der Waals surface area contributed by atoms with E-state index in [1.54, 1.807) is 24.3 Å². The monoisotopic (exact) mass is 332 g/mol. The van der Waals surface area contributed by atoms with E-state index in [9.17, 15) is 13.9 Å². The van der Waals surface area contributed by atoms with Gasteiger partial charge in [0.25, 0.3) is 0 Å². The van der Waals surface area contributed by atoms with E-state index in [-0.39, 0.29) is 23.0 Å². The highest BCUT2D eigenvalue weighted by Gasteiger charge is 2.44. The Morgan fingerprint density at radius 3 is 2.58 bits per heavy atom. The number of alkyl halides is 2. The summed E-state index contributed by atoms with van der Waals surface area (Å²) in [6.45, 7) is -2.79. The Morgan fingerprint density at radius 1 is 1.17 bits per heavy atom. The molecular formula is C17H18F2N4O. The van der Waals surface area contributed by atoms with E-state index in [1.807, 2.05) is 0 Å². The fourth-order valence-corrected chi connectivity index (χ4v) is 3.82. The second-order valence-corrected chi connectivity index (χ2v) is 6.38. The number of halogens is 2. The molecule has 0 saturated heterocycles. The van der Waals surface area contributed by atoms with Crippen LogP contribution in [0.1, 0.15) is 44.5 Å². The van der Waals surface area contributed by atoms with Crippen LogP contribution in [0.4, 0.5) is 8.78 Å². The molecule has 2 heterocycles. The van der Waals surface area contributed by atoms with Crippen LogP contribution in [0.5, 0.6) is 0 Å². The Morgan fingerprint density at radius 2 is 1.88 bits per heavy atom. The highest BCUT2D eigenvalue weighted by Crippen LogP contribution is 2.44. The van der Waals surface area contributed by atoms with Crippen molar-refractivity contribution in [2.45, 2.75) is 44.2 Å². The molecule has 1 saturated carbocycles. The maximum Gasteiger partial charge on any atom is 0.320 e. The first-order valence-electron chi connectivity index (χ1n) is 8.08. The van der Waals surface area contributed by atoms with Crippen molar-refractivity contribution in [3.63, 3.8) is 0 Å². The summed E-state index contributed by atoms with van der Waals surface area (Å²) >= 11 is 0. The molecule has 126 valence electrons. The molecule has 1 spiro atoms. The number of benzene rings is 1. The highest BCUT2D eigenvalue weighted by molar-refractivity contribution is 6.24. The molecule has 24 heavy (non-hydrogen) atoms. The number of imidazole rings is 1.